The maximum atomic E-state index is 13.8. The fraction of sp³-hybridized carbons (Fsp3) is 0.286. The van der Waals surface area contributed by atoms with Crippen LogP contribution in [-0.2, 0) is 5.41 Å². The number of fused-ring (bicyclic) bond motifs is 1. The van der Waals surface area contributed by atoms with E-state index in [0.717, 1.165) is 42.2 Å². The number of urea groups is 1. The Morgan fingerprint density at radius 3 is 2.46 bits per heavy atom. The first-order chi connectivity index (χ1) is 13.5. The first-order valence-corrected chi connectivity index (χ1v) is 9.15. The van der Waals surface area contributed by atoms with E-state index in [9.17, 15) is 18.0 Å². The number of para-hydroxylation sites is 1. The van der Waals surface area contributed by atoms with Crippen LogP contribution in [-0.4, -0.2) is 12.6 Å². The summed E-state index contributed by atoms with van der Waals surface area (Å²) in [5, 5.41) is 5.86. The number of carbonyl (C=O) groups excluding carboxylic acids is 1. The van der Waals surface area contributed by atoms with Crippen molar-refractivity contribution in [2.45, 2.75) is 31.1 Å². The molecule has 28 heavy (non-hydrogen) atoms. The number of rotatable bonds is 4. The molecule has 2 N–H and O–H groups in total. The summed E-state index contributed by atoms with van der Waals surface area (Å²) in [6.45, 7) is 0.298. The van der Waals surface area contributed by atoms with Gasteiger partial charge in [-0.05, 0) is 18.9 Å². The molecule has 7 heteroatoms. The molecule has 146 valence electrons. The summed E-state index contributed by atoms with van der Waals surface area (Å²) in [5.74, 6) is -3.37. The van der Waals surface area contributed by atoms with Crippen LogP contribution in [0.4, 0.5) is 23.7 Å². The number of amides is 2. The van der Waals surface area contributed by atoms with Gasteiger partial charge in [-0.15, -0.1) is 0 Å². The molecule has 1 heterocycles. The van der Waals surface area contributed by atoms with Crippen LogP contribution in [0.5, 0.6) is 0 Å². The third-order valence-electron chi connectivity index (χ3n) is 5.45. The molecule has 4 nitrogen and oxygen atoms in total. The zero-order valence-electron chi connectivity index (χ0n) is 15.0. The first-order valence-electron chi connectivity index (χ1n) is 9.15. The van der Waals surface area contributed by atoms with Crippen molar-refractivity contribution in [1.82, 2.24) is 5.32 Å². The Labute approximate surface area is 159 Å². The van der Waals surface area contributed by atoms with Crippen molar-refractivity contribution < 1.29 is 22.4 Å². The Morgan fingerprint density at radius 2 is 1.75 bits per heavy atom. The van der Waals surface area contributed by atoms with Gasteiger partial charge in [-0.3, -0.25) is 0 Å². The Balaban J connectivity index is 1.53. The summed E-state index contributed by atoms with van der Waals surface area (Å²) in [6.07, 6.45) is 5.51. The summed E-state index contributed by atoms with van der Waals surface area (Å²) in [7, 11) is 0. The van der Waals surface area contributed by atoms with Crippen molar-refractivity contribution in [3.63, 3.8) is 0 Å². The number of furan rings is 1. The third kappa shape index (κ3) is 3.32. The predicted octanol–water partition coefficient (Wildman–Crippen LogP) is 5.48. The molecule has 0 aliphatic heterocycles. The van der Waals surface area contributed by atoms with E-state index >= 15 is 0 Å². The van der Waals surface area contributed by atoms with E-state index in [1.54, 1.807) is 6.26 Å². The Hall–Kier alpha value is -2.96. The molecule has 1 fully saturated rings. The van der Waals surface area contributed by atoms with Gasteiger partial charge < -0.3 is 15.1 Å². The highest BCUT2D eigenvalue weighted by Crippen LogP contribution is 2.44. The van der Waals surface area contributed by atoms with E-state index < -0.39 is 29.2 Å². The molecule has 2 aromatic carbocycles. The molecular weight excluding hydrogens is 369 g/mol. The average Bonchev–Trinajstić information content (AvgIpc) is 3.30. The highest BCUT2D eigenvalue weighted by molar-refractivity contribution is 5.89. The number of halogens is 3. The highest BCUT2D eigenvalue weighted by atomic mass is 19.1. The SMILES string of the molecule is O=C(NCC1(c2coc3ccccc23)CCCC1)Nc1c(F)cc(F)cc1F. The van der Waals surface area contributed by atoms with Gasteiger partial charge in [0.25, 0.3) is 0 Å². The Morgan fingerprint density at radius 1 is 1.07 bits per heavy atom. The van der Waals surface area contributed by atoms with Crippen LogP contribution in [0.2, 0.25) is 0 Å². The van der Waals surface area contributed by atoms with Gasteiger partial charge in [0.15, 0.2) is 11.6 Å². The van der Waals surface area contributed by atoms with Crippen molar-refractivity contribution in [1.29, 1.82) is 0 Å². The molecule has 0 atom stereocenters. The highest BCUT2D eigenvalue weighted by Gasteiger charge is 2.38. The number of carbonyl (C=O) groups is 1. The fourth-order valence-corrected chi connectivity index (χ4v) is 4.05. The van der Waals surface area contributed by atoms with Crippen LogP contribution in [0.3, 0.4) is 0 Å². The lowest BCUT2D eigenvalue weighted by molar-refractivity contribution is 0.248. The maximum absolute atomic E-state index is 13.8. The van der Waals surface area contributed by atoms with E-state index in [2.05, 4.69) is 10.6 Å². The monoisotopic (exact) mass is 388 g/mol. The van der Waals surface area contributed by atoms with E-state index in [0.29, 0.717) is 18.7 Å². The van der Waals surface area contributed by atoms with Gasteiger partial charge in [-0.1, -0.05) is 31.0 Å². The van der Waals surface area contributed by atoms with Gasteiger partial charge in [-0.25, -0.2) is 18.0 Å². The van der Waals surface area contributed by atoms with E-state index in [4.69, 9.17) is 4.42 Å². The van der Waals surface area contributed by atoms with Gasteiger partial charge in [-0.2, -0.15) is 0 Å². The molecule has 1 aliphatic carbocycles. The maximum Gasteiger partial charge on any atom is 0.319 e. The zero-order chi connectivity index (χ0) is 19.7. The van der Waals surface area contributed by atoms with Crippen LogP contribution in [0.1, 0.15) is 31.2 Å². The average molecular weight is 388 g/mol. The number of benzene rings is 2. The largest absolute Gasteiger partial charge is 0.464 e. The molecule has 1 aliphatic rings. The van der Waals surface area contributed by atoms with Crippen LogP contribution in [0, 0.1) is 17.5 Å². The standard InChI is InChI=1S/C21H19F3N2O2/c22-13-9-16(23)19(17(24)10-13)26-20(27)25-12-21(7-3-4-8-21)15-11-28-18-6-2-1-5-14(15)18/h1-2,5-6,9-11H,3-4,7-8,12H2,(H2,25,26,27). The zero-order valence-corrected chi connectivity index (χ0v) is 15.0. The number of hydrogen-bond acceptors (Lipinski definition) is 2. The molecule has 0 bridgehead atoms. The Kier molecular flexibility index (Phi) is 4.75. The summed E-state index contributed by atoms with van der Waals surface area (Å²) < 4.78 is 46.2. The van der Waals surface area contributed by atoms with Crippen molar-refractivity contribution >= 4 is 22.7 Å². The molecule has 0 unspecified atom stereocenters. The van der Waals surface area contributed by atoms with Gasteiger partial charge in [0.2, 0.25) is 0 Å². The van der Waals surface area contributed by atoms with Crippen molar-refractivity contribution in [2.24, 2.45) is 0 Å². The number of hydrogen-bond donors (Lipinski definition) is 2. The number of anilines is 1. The first kappa shape index (κ1) is 18.4. The lowest BCUT2D eigenvalue weighted by atomic mass is 9.78. The second kappa shape index (κ2) is 7.22. The minimum atomic E-state index is -1.16. The topological polar surface area (TPSA) is 54.3 Å². The fourth-order valence-electron chi connectivity index (χ4n) is 4.05. The van der Waals surface area contributed by atoms with Crippen LogP contribution in [0.15, 0.2) is 47.1 Å². The van der Waals surface area contributed by atoms with Gasteiger partial charge in [0, 0.05) is 35.0 Å². The summed E-state index contributed by atoms with van der Waals surface area (Å²) in [6, 6.07) is 8.00. The summed E-state index contributed by atoms with van der Waals surface area (Å²) >= 11 is 0. The van der Waals surface area contributed by atoms with E-state index in [-0.39, 0.29) is 5.41 Å². The van der Waals surface area contributed by atoms with E-state index in [1.807, 2.05) is 24.3 Å². The van der Waals surface area contributed by atoms with Crippen LogP contribution < -0.4 is 10.6 Å². The second-order valence-corrected chi connectivity index (χ2v) is 7.19. The Bertz CT molecular complexity index is 1000. The van der Waals surface area contributed by atoms with Gasteiger partial charge in [0.05, 0.1) is 6.26 Å². The molecule has 3 aromatic rings. The normalized spacial score (nSPS) is 15.7. The predicted molar refractivity (Wildman–Crippen MR) is 99.7 cm³/mol. The van der Waals surface area contributed by atoms with Crippen molar-refractivity contribution in [3.8, 4) is 0 Å². The second-order valence-electron chi connectivity index (χ2n) is 7.19. The van der Waals surface area contributed by atoms with Crippen molar-refractivity contribution in [2.75, 3.05) is 11.9 Å². The van der Waals surface area contributed by atoms with Gasteiger partial charge in [0.1, 0.15) is 17.1 Å². The molecule has 4 rings (SSSR count). The molecule has 1 saturated carbocycles. The van der Waals surface area contributed by atoms with Crippen molar-refractivity contribution in [3.05, 3.63) is 65.7 Å². The molecule has 1 aromatic heterocycles. The summed E-state index contributed by atoms with van der Waals surface area (Å²) in [4.78, 5) is 12.3. The molecule has 0 radical (unpaired) electrons. The van der Waals surface area contributed by atoms with Crippen LogP contribution >= 0.6 is 0 Å². The lowest BCUT2D eigenvalue weighted by Crippen LogP contribution is -2.41. The quantitative estimate of drug-likeness (QED) is 0.622. The minimum Gasteiger partial charge on any atom is -0.464 e. The molecule has 2 amide bonds. The molecule has 0 saturated heterocycles. The lowest BCUT2D eigenvalue weighted by Gasteiger charge is -2.28. The minimum absolute atomic E-state index is 0.298. The van der Waals surface area contributed by atoms with Crippen LogP contribution in [0.25, 0.3) is 11.0 Å². The summed E-state index contributed by atoms with van der Waals surface area (Å²) in [5.41, 5.74) is 0.834. The van der Waals surface area contributed by atoms with Gasteiger partial charge >= 0.3 is 6.03 Å². The number of nitrogens with one attached hydrogen (secondary N) is 2. The third-order valence-corrected chi connectivity index (χ3v) is 5.45. The molecule has 0 spiro atoms. The molecular formula is C21H19F3N2O2. The smallest absolute Gasteiger partial charge is 0.319 e. The van der Waals surface area contributed by atoms with E-state index in [1.165, 1.54) is 0 Å².